The largest absolute Gasteiger partial charge is 0.316 e. The van der Waals surface area contributed by atoms with Crippen molar-refractivity contribution >= 4 is 27.0 Å². The van der Waals surface area contributed by atoms with E-state index in [0.717, 1.165) is 47.6 Å². The highest BCUT2D eigenvalue weighted by atomic mass is 32.2. The van der Waals surface area contributed by atoms with Crippen LogP contribution < -0.4 is 4.80 Å². The highest BCUT2D eigenvalue weighted by Gasteiger charge is 2.23. The Labute approximate surface area is 189 Å². The minimum absolute atomic E-state index is 0.350. The zero-order valence-electron chi connectivity index (χ0n) is 18.5. The second-order valence-corrected chi connectivity index (χ2v) is 10.2. The predicted molar refractivity (Wildman–Crippen MR) is 129 cm³/mol. The number of nitrogens with zero attached hydrogens (tertiary/aromatic N) is 3. The minimum atomic E-state index is -3.52. The van der Waals surface area contributed by atoms with E-state index in [0.29, 0.717) is 18.0 Å². The summed E-state index contributed by atoms with van der Waals surface area (Å²) in [6.45, 7) is 8.04. The molecule has 1 heterocycles. The maximum atomic E-state index is 13.3. The van der Waals surface area contributed by atoms with Crippen LogP contribution in [0.1, 0.15) is 40.0 Å². The molecule has 31 heavy (non-hydrogen) atoms. The number of para-hydroxylation sites is 1. The summed E-state index contributed by atoms with van der Waals surface area (Å²) in [5.74, 6) is 0. The van der Waals surface area contributed by atoms with Crippen LogP contribution in [0, 0.1) is 0 Å². The third-order valence-corrected chi connectivity index (χ3v) is 7.70. The summed E-state index contributed by atoms with van der Waals surface area (Å²) in [5.41, 5.74) is 2.80. The van der Waals surface area contributed by atoms with Gasteiger partial charge in [-0.3, -0.25) is 0 Å². The molecule has 0 bridgehead atoms. The van der Waals surface area contributed by atoms with Gasteiger partial charge in [0.2, 0.25) is 10.0 Å². The molecule has 0 saturated heterocycles. The highest BCUT2D eigenvalue weighted by molar-refractivity contribution is 7.89. The van der Waals surface area contributed by atoms with E-state index in [1.165, 1.54) is 0 Å². The Morgan fingerprint density at radius 2 is 1.65 bits per heavy atom. The molecule has 166 valence electrons. The first kappa shape index (κ1) is 23.4. The van der Waals surface area contributed by atoms with Gasteiger partial charge in [0.05, 0.1) is 16.3 Å². The lowest BCUT2D eigenvalue weighted by Gasteiger charge is -2.21. The molecular weight excluding hydrogens is 426 g/mol. The lowest BCUT2D eigenvalue weighted by Crippen LogP contribution is -2.32. The fourth-order valence-corrected chi connectivity index (χ4v) is 6.14. The summed E-state index contributed by atoms with van der Waals surface area (Å²) in [6.07, 6.45) is 2.55. The Kier molecular flexibility index (Phi) is 8.23. The summed E-state index contributed by atoms with van der Waals surface area (Å²) < 4.78 is 30.3. The first-order chi connectivity index (χ1) is 15.0. The Bertz CT molecular complexity index is 1140. The maximum Gasteiger partial charge on any atom is 0.243 e. The van der Waals surface area contributed by atoms with Gasteiger partial charge < -0.3 is 4.57 Å². The summed E-state index contributed by atoms with van der Waals surface area (Å²) >= 11 is 1.58. The molecule has 0 aliphatic heterocycles. The summed E-state index contributed by atoms with van der Waals surface area (Å²) in [7, 11) is -3.52. The molecule has 2 aromatic carbocycles. The molecule has 0 atom stereocenters. The molecule has 1 aromatic heterocycles. The molecule has 0 aliphatic rings. The van der Waals surface area contributed by atoms with Crippen LogP contribution in [0.4, 0.5) is 5.69 Å². The molecule has 0 spiro atoms. The van der Waals surface area contributed by atoms with Crippen LogP contribution in [-0.2, 0) is 16.6 Å². The van der Waals surface area contributed by atoms with Crippen molar-refractivity contribution in [2.45, 2.75) is 51.5 Å². The molecule has 3 rings (SSSR count). The van der Waals surface area contributed by atoms with Crippen molar-refractivity contribution in [2.75, 3.05) is 13.1 Å². The molecule has 0 unspecified atom stereocenters. The van der Waals surface area contributed by atoms with E-state index in [1.54, 1.807) is 27.8 Å². The summed E-state index contributed by atoms with van der Waals surface area (Å²) in [6, 6.07) is 17.2. The molecule has 0 fully saturated rings. The summed E-state index contributed by atoms with van der Waals surface area (Å²) in [4.78, 5) is 6.07. The van der Waals surface area contributed by atoms with Crippen LogP contribution >= 0.6 is 11.3 Å². The van der Waals surface area contributed by atoms with Gasteiger partial charge in [0.25, 0.3) is 0 Å². The number of hydrogen-bond acceptors (Lipinski definition) is 4. The number of rotatable bonds is 10. The van der Waals surface area contributed by atoms with Gasteiger partial charge in [-0.05, 0) is 43.5 Å². The highest BCUT2D eigenvalue weighted by Crippen LogP contribution is 2.26. The van der Waals surface area contributed by atoms with Crippen molar-refractivity contribution in [3.05, 3.63) is 64.8 Å². The van der Waals surface area contributed by atoms with Crippen LogP contribution in [0.25, 0.3) is 11.3 Å². The molecule has 0 radical (unpaired) electrons. The Hall–Kier alpha value is -2.22. The Morgan fingerprint density at radius 1 is 0.935 bits per heavy atom. The van der Waals surface area contributed by atoms with E-state index in [9.17, 15) is 8.42 Å². The first-order valence-corrected chi connectivity index (χ1v) is 13.2. The van der Waals surface area contributed by atoms with Gasteiger partial charge in [-0.15, -0.1) is 11.3 Å². The van der Waals surface area contributed by atoms with Crippen molar-refractivity contribution < 1.29 is 8.42 Å². The number of thiazole rings is 1. The fourth-order valence-electron chi connectivity index (χ4n) is 3.52. The number of hydrogen-bond donors (Lipinski definition) is 0. The van der Waals surface area contributed by atoms with Gasteiger partial charge >= 0.3 is 0 Å². The second kappa shape index (κ2) is 10.9. The average Bonchev–Trinajstić information content (AvgIpc) is 3.17. The Balaban J connectivity index is 2.06. The van der Waals surface area contributed by atoms with Crippen LogP contribution in [0.2, 0.25) is 0 Å². The van der Waals surface area contributed by atoms with Crippen LogP contribution in [0.5, 0.6) is 0 Å². The Morgan fingerprint density at radius 3 is 2.29 bits per heavy atom. The van der Waals surface area contributed by atoms with E-state index in [-0.39, 0.29) is 0 Å². The average molecular weight is 458 g/mol. The van der Waals surface area contributed by atoms with E-state index in [2.05, 4.69) is 16.9 Å². The third-order valence-electron chi connectivity index (χ3n) is 4.94. The van der Waals surface area contributed by atoms with Crippen molar-refractivity contribution in [2.24, 2.45) is 4.99 Å². The van der Waals surface area contributed by atoms with Gasteiger partial charge in [-0.25, -0.2) is 13.4 Å². The van der Waals surface area contributed by atoms with Crippen molar-refractivity contribution in [3.8, 4) is 11.3 Å². The molecule has 5 nitrogen and oxygen atoms in total. The van der Waals surface area contributed by atoms with Crippen LogP contribution in [0.3, 0.4) is 0 Å². The van der Waals surface area contributed by atoms with Gasteiger partial charge in [-0.2, -0.15) is 4.31 Å². The van der Waals surface area contributed by atoms with Gasteiger partial charge in [-0.1, -0.05) is 51.1 Å². The molecular formula is C24H31N3O2S2. The van der Waals surface area contributed by atoms with Crippen molar-refractivity contribution in [1.29, 1.82) is 0 Å². The zero-order chi connectivity index (χ0) is 22.3. The van der Waals surface area contributed by atoms with E-state index >= 15 is 0 Å². The molecule has 7 heteroatoms. The maximum absolute atomic E-state index is 13.3. The minimum Gasteiger partial charge on any atom is -0.316 e. The molecule has 0 N–H and O–H groups in total. The standard InChI is InChI=1S/C24H31N3O2S2/c1-4-15-26(16-5-2)31(28,29)22-14-10-11-20(18-22)23-19-30-24(27(23)17-6-3)25-21-12-8-7-9-13-21/h7-14,18-19H,4-6,15-17H2,1-3H3. The number of aromatic nitrogens is 1. The summed E-state index contributed by atoms with van der Waals surface area (Å²) in [5, 5.41) is 2.07. The third kappa shape index (κ3) is 5.53. The first-order valence-electron chi connectivity index (χ1n) is 10.9. The lowest BCUT2D eigenvalue weighted by atomic mass is 10.2. The van der Waals surface area contributed by atoms with E-state index < -0.39 is 10.0 Å². The number of benzene rings is 2. The monoisotopic (exact) mass is 457 g/mol. The normalized spacial score (nSPS) is 12.6. The van der Waals surface area contributed by atoms with E-state index in [4.69, 9.17) is 4.99 Å². The SMILES string of the molecule is CCCN(CCC)S(=O)(=O)c1cccc(-c2csc(=Nc3ccccc3)n2CCC)c1. The quantitative estimate of drug-likeness (QED) is 0.394. The molecule has 0 saturated carbocycles. The second-order valence-electron chi connectivity index (χ2n) is 7.43. The van der Waals surface area contributed by atoms with E-state index in [1.807, 2.05) is 56.3 Å². The molecule has 0 amide bonds. The number of sulfonamides is 1. The fraction of sp³-hybridized carbons (Fsp3) is 0.375. The predicted octanol–water partition coefficient (Wildman–Crippen LogP) is 5.67. The van der Waals surface area contributed by atoms with Gasteiger partial charge in [0.15, 0.2) is 4.80 Å². The molecule has 3 aromatic rings. The van der Waals surface area contributed by atoms with Crippen LogP contribution in [0.15, 0.2) is 69.9 Å². The topological polar surface area (TPSA) is 54.7 Å². The smallest absolute Gasteiger partial charge is 0.243 e. The van der Waals surface area contributed by atoms with Crippen molar-refractivity contribution in [1.82, 2.24) is 8.87 Å². The lowest BCUT2D eigenvalue weighted by molar-refractivity contribution is 0.410. The molecule has 0 aliphatic carbocycles. The van der Waals surface area contributed by atoms with Crippen LogP contribution in [-0.4, -0.2) is 30.4 Å². The van der Waals surface area contributed by atoms with Gasteiger partial charge in [0.1, 0.15) is 0 Å². The zero-order valence-corrected chi connectivity index (χ0v) is 20.1. The van der Waals surface area contributed by atoms with Crippen molar-refractivity contribution in [3.63, 3.8) is 0 Å². The van der Waals surface area contributed by atoms with Gasteiger partial charge in [0, 0.05) is 30.6 Å².